The Kier molecular flexibility index (Phi) is 9.47. The van der Waals surface area contributed by atoms with E-state index < -0.39 is 0 Å². The van der Waals surface area contributed by atoms with Crippen molar-refractivity contribution in [2.75, 3.05) is 20.3 Å². The highest BCUT2D eigenvalue weighted by Crippen LogP contribution is 1.89. The van der Waals surface area contributed by atoms with E-state index in [0.717, 1.165) is 6.42 Å². The molecule has 0 unspecified atom stereocenters. The fourth-order valence-corrected chi connectivity index (χ4v) is 0.760. The van der Waals surface area contributed by atoms with Crippen molar-refractivity contribution in [1.29, 1.82) is 0 Å². The number of carbonyl (C=O) groups excluding carboxylic acids is 1. The van der Waals surface area contributed by atoms with E-state index in [1.165, 1.54) is 7.11 Å². The summed E-state index contributed by atoms with van der Waals surface area (Å²) in [5, 5.41) is 0. The SMILES string of the molecule is C#CC/C=C\C/C=C\COCC(=O)OC. The zero-order valence-electron chi connectivity index (χ0n) is 8.94. The fourth-order valence-electron chi connectivity index (χ4n) is 0.760. The van der Waals surface area contributed by atoms with Gasteiger partial charge in [0.2, 0.25) is 0 Å². The number of methoxy groups -OCH3 is 1. The number of hydrogen-bond acceptors (Lipinski definition) is 3. The highest BCUT2D eigenvalue weighted by Gasteiger charge is 1.96. The molecule has 0 aliphatic heterocycles. The smallest absolute Gasteiger partial charge is 0.331 e. The fraction of sp³-hybridized carbons (Fsp3) is 0.417. The molecule has 0 aliphatic rings. The lowest BCUT2D eigenvalue weighted by molar-refractivity contribution is -0.145. The minimum absolute atomic E-state index is 0.00618. The summed E-state index contributed by atoms with van der Waals surface area (Å²) in [4.78, 5) is 10.6. The Hall–Kier alpha value is -1.53. The molecule has 0 saturated heterocycles. The van der Waals surface area contributed by atoms with Gasteiger partial charge in [-0.15, -0.1) is 12.3 Å². The van der Waals surface area contributed by atoms with Gasteiger partial charge < -0.3 is 9.47 Å². The summed E-state index contributed by atoms with van der Waals surface area (Å²) in [6, 6.07) is 0. The summed E-state index contributed by atoms with van der Waals surface area (Å²) in [5.41, 5.74) is 0. The molecule has 0 N–H and O–H groups in total. The van der Waals surface area contributed by atoms with Crippen molar-refractivity contribution >= 4 is 5.97 Å². The molecule has 0 amide bonds. The molecule has 0 aromatic carbocycles. The average molecular weight is 208 g/mol. The van der Waals surface area contributed by atoms with Gasteiger partial charge in [0, 0.05) is 6.42 Å². The van der Waals surface area contributed by atoms with Crippen LogP contribution in [0.4, 0.5) is 0 Å². The van der Waals surface area contributed by atoms with Gasteiger partial charge >= 0.3 is 5.97 Å². The summed E-state index contributed by atoms with van der Waals surface area (Å²) in [6.45, 7) is 0.409. The van der Waals surface area contributed by atoms with Gasteiger partial charge in [-0.3, -0.25) is 0 Å². The Balaban J connectivity index is 3.32. The number of rotatable bonds is 7. The molecular formula is C12H16O3. The Morgan fingerprint density at radius 3 is 2.73 bits per heavy atom. The van der Waals surface area contributed by atoms with Gasteiger partial charge in [0.15, 0.2) is 0 Å². The van der Waals surface area contributed by atoms with Crippen molar-refractivity contribution in [3.05, 3.63) is 24.3 Å². The van der Waals surface area contributed by atoms with Gasteiger partial charge in [0.25, 0.3) is 0 Å². The number of terminal acetylenes is 1. The van der Waals surface area contributed by atoms with Crippen molar-refractivity contribution < 1.29 is 14.3 Å². The third-order valence-corrected chi connectivity index (χ3v) is 1.50. The molecule has 0 aromatic heterocycles. The predicted octanol–water partition coefficient (Wildman–Crippen LogP) is 1.70. The Bertz CT molecular complexity index is 259. The largest absolute Gasteiger partial charge is 0.467 e. The van der Waals surface area contributed by atoms with Gasteiger partial charge in [-0.25, -0.2) is 4.79 Å². The lowest BCUT2D eigenvalue weighted by Gasteiger charge is -1.97. The van der Waals surface area contributed by atoms with Crippen LogP contribution >= 0.6 is 0 Å². The first-order chi connectivity index (χ1) is 7.31. The maximum Gasteiger partial charge on any atom is 0.331 e. The minimum atomic E-state index is -0.364. The Morgan fingerprint density at radius 1 is 1.33 bits per heavy atom. The molecule has 0 aliphatic carbocycles. The van der Waals surface area contributed by atoms with Gasteiger partial charge in [0.05, 0.1) is 13.7 Å². The highest BCUT2D eigenvalue weighted by molar-refractivity contribution is 5.70. The normalized spacial score (nSPS) is 10.7. The van der Waals surface area contributed by atoms with Crippen LogP contribution in [0.1, 0.15) is 12.8 Å². The van der Waals surface area contributed by atoms with Crippen LogP contribution in [-0.2, 0) is 14.3 Å². The van der Waals surface area contributed by atoms with E-state index in [1.807, 2.05) is 24.3 Å². The molecule has 3 nitrogen and oxygen atoms in total. The first-order valence-corrected chi connectivity index (χ1v) is 4.69. The molecule has 0 spiro atoms. The first kappa shape index (κ1) is 13.5. The van der Waals surface area contributed by atoms with Gasteiger partial charge in [-0.1, -0.05) is 24.3 Å². The van der Waals surface area contributed by atoms with E-state index in [-0.39, 0.29) is 12.6 Å². The minimum Gasteiger partial charge on any atom is -0.467 e. The lowest BCUT2D eigenvalue weighted by Crippen LogP contribution is -2.09. The second-order valence-corrected chi connectivity index (χ2v) is 2.68. The van der Waals surface area contributed by atoms with Crippen LogP contribution in [0.15, 0.2) is 24.3 Å². The Morgan fingerprint density at radius 2 is 2.07 bits per heavy atom. The van der Waals surface area contributed by atoms with E-state index >= 15 is 0 Å². The summed E-state index contributed by atoms with van der Waals surface area (Å²) < 4.78 is 9.40. The second-order valence-electron chi connectivity index (χ2n) is 2.68. The van der Waals surface area contributed by atoms with Gasteiger partial charge in [-0.05, 0) is 6.42 Å². The summed E-state index contributed by atoms with van der Waals surface area (Å²) >= 11 is 0. The molecule has 0 fully saturated rings. The molecule has 0 heterocycles. The van der Waals surface area contributed by atoms with E-state index in [0.29, 0.717) is 13.0 Å². The number of allylic oxidation sites excluding steroid dienone is 3. The van der Waals surface area contributed by atoms with E-state index in [9.17, 15) is 4.79 Å². The molecule has 15 heavy (non-hydrogen) atoms. The molecule has 82 valence electrons. The summed E-state index contributed by atoms with van der Waals surface area (Å²) in [5.74, 6) is 2.15. The quantitative estimate of drug-likeness (QED) is 0.276. The van der Waals surface area contributed by atoms with Crippen molar-refractivity contribution in [2.24, 2.45) is 0 Å². The number of carbonyl (C=O) groups is 1. The van der Waals surface area contributed by atoms with Crippen LogP contribution < -0.4 is 0 Å². The second kappa shape index (κ2) is 10.6. The predicted molar refractivity (Wildman–Crippen MR) is 59.2 cm³/mol. The Labute approximate surface area is 90.8 Å². The standard InChI is InChI=1S/C12H16O3/c1-3-4-5-6-7-8-9-10-15-11-12(13)14-2/h1,5-6,8-9H,4,7,10-11H2,2H3/b6-5-,9-8-. The molecule has 0 aromatic rings. The zero-order chi connectivity index (χ0) is 11.4. The highest BCUT2D eigenvalue weighted by atomic mass is 16.6. The summed E-state index contributed by atoms with van der Waals surface area (Å²) in [7, 11) is 1.33. The van der Waals surface area contributed by atoms with Crippen LogP contribution in [-0.4, -0.2) is 26.3 Å². The van der Waals surface area contributed by atoms with Crippen LogP contribution in [0.2, 0.25) is 0 Å². The first-order valence-electron chi connectivity index (χ1n) is 4.69. The zero-order valence-corrected chi connectivity index (χ0v) is 8.94. The van der Waals surface area contributed by atoms with Crippen molar-refractivity contribution in [2.45, 2.75) is 12.8 Å². The van der Waals surface area contributed by atoms with Crippen molar-refractivity contribution in [3.8, 4) is 12.3 Å². The summed E-state index contributed by atoms with van der Waals surface area (Å²) in [6.07, 6.45) is 14.3. The van der Waals surface area contributed by atoms with Gasteiger partial charge in [-0.2, -0.15) is 0 Å². The monoisotopic (exact) mass is 208 g/mol. The van der Waals surface area contributed by atoms with E-state index in [2.05, 4.69) is 10.7 Å². The third-order valence-electron chi connectivity index (χ3n) is 1.50. The molecule has 0 atom stereocenters. The molecule has 0 bridgehead atoms. The van der Waals surface area contributed by atoms with Crippen molar-refractivity contribution in [1.82, 2.24) is 0 Å². The van der Waals surface area contributed by atoms with Crippen LogP contribution in [0.5, 0.6) is 0 Å². The maximum absolute atomic E-state index is 10.6. The maximum atomic E-state index is 10.6. The third kappa shape index (κ3) is 10.4. The average Bonchev–Trinajstić information content (AvgIpc) is 2.26. The molecule has 0 radical (unpaired) electrons. The number of ether oxygens (including phenoxy) is 2. The van der Waals surface area contributed by atoms with E-state index in [4.69, 9.17) is 11.2 Å². The molecule has 0 rings (SSSR count). The van der Waals surface area contributed by atoms with Gasteiger partial charge in [0.1, 0.15) is 6.61 Å². The topological polar surface area (TPSA) is 35.5 Å². The molecule has 0 saturated carbocycles. The number of esters is 1. The molecule has 3 heteroatoms. The lowest BCUT2D eigenvalue weighted by atomic mass is 10.3. The molecular weight excluding hydrogens is 192 g/mol. The number of hydrogen-bond donors (Lipinski definition) is 0. The van der Waals surface area contributed by atoms with E-state index in [1.54, 1.807) is 0 Å². The van der Waals surface area contributed by atoms with Crippen molar-refractivity contribution in [3.63, 3.8) is 0 Å². The van der Waals surface area contributed by atoms with Crippen LogP contribution in [0, 0.1) is 12.3 Å². The van der Waals surface area contributed by atoms with Crippen LogP contribution in [0.25, 0.3) is 0 Å². The van der Waals surface area contributed by atoms with Crippen LogP contribution in [0.3, 0.4) is 0 Å².